The molecule has 1 saturated heterocycles. The number of hydrogen-bond donors (Lipinski definition) is 1. The topological polar surface area (TPSA) is 93.0 Å². The highest BCUT2D eigenvalue weighted by molar-refractivity contribution is 7.92. The van der Waals surface area contributed by atoms with E-state index >= 15 is 0 Å². The Morgan fingerprint density at radius 3 is 2.32 bits per heavy atom. The van der Waals surface area contributed by atoms with Crippen molar-refractivity contribution in [3.8, 4) is 0 Å². The largest absolute Gasteiger partial charge is 0.353 e. The quantitative estimate of drug-likeness (QED) is 0.724. The fraction of sp³-hybridized carbons (Fsp3) is 0.421. The van der Waals surface area contributed by atoms with Gasteiger partial charge in [-0.25, -0.2) is 18.4 Å². The van der Waals surface area contributed by atoms with Crippen LogP contribution in [0.25, 0.3) is 11.0 Å². The molecule has 1 aliphatic rings. The van der Waals surface area contributed by atoms with E-state index in [9.17, 15) is 8.42 Å². The van der Waals surface area contributed by atoms with Crippen molar-refractivity contribution in [3.05, 3.63) is 36.7 Å². The maximum atomic E-state index is 12.9. The van der Waals surface area contributed by atoms with E-state index in [1.165, 1.54) is 17.1 Å². The first-order valence-electron chi connectivity index (χ1n) is 9.35. The lowest BCUT2D eigenvalue weighted by atomic mass is 9.92. The molecule has 4 rings (SSSR count). The number of sulfonamides is 1. The van der Waals surface area contributed by atoms with Gasteiger partial charge in [-0.3, -0.25) is 9.40 Å². The monoisotopic (exact) mass is 400 g/mol. The van der Waals surface area contributed by atoms with Crippen molar-refractivity contribution >= 4 is 32.7 Å². The number of aromatic nitrogens is 4. The van der Waals surface area contributed by atoms with Crippen LogP contribution in [0.1, 0.15) is 20.3 Å². The Morgan fingerprint density at radius 1 is 1.07 bits per heavy atom. The predicted molar refractivity (Wildman–Crippen MR) is 109 cm³/mol. The van der Waals surface area contributed by atoms with Crippen molar-refractivity contribution in [3.63, 3.8) is 0 Å². The molecule has 2 unspecified atom stereocenters. The highest BCUT2D eigenvalue weighted by Crippen LogP contribution is 2.31. The van der Waals surface area contributed by atoms with Crippen molar-refractivity contribution in [1.29, 1.82) is 0 Å². The van der Waals surface area contributed by atoms with E-state index in [2.05, 4.69) is 33.6 Å². The molecule has 28 heavy (non-hydrogen) atoms. The molecule has 2 atom stereocenters. The van der Waals surface area contributed by atoms with Crippen LogP contribution < -0.4 is 9.62 Å². The maximum Gasteiger partial charge on any atom is 0.266 e. The Hall–Kier alpha value is -2.68. The first-order chi connectivity index (χ1) is 13.3. The Bertz CT molecular complexity index is 1100. The second-order valence-corrected chi connectivity index (χ2v) is 9.37. The first kappa shape index (κ1) is 18.7. The van der Waals surface area contributed by atoms with Gasteiger partial charge in [-0.15, -0.1) is 0 Å². The van der Waals surface area contributed by atoms with E-state index in [0.717, 1.165) is 25.0 Å². The van der Waals surface area contributed by atoms with E-state index in [1.807, 2.05) is 24.3 Å². The van der Waals surface area contributed by atoms with Crippen molar-refractivity contribution in [2.24, 2.45) is 18.9 Å². The Morgan fingerprint density at radius 2 is 1.71 bits per heavy atom. The first-order valence-corrected chi connectivity index (χ1v) is 10.8. The summed E-state index contributed by atoms with van der Waals surface area (Å²) < 4.78 is 29.8. The van der Waals surface area contributed by atoms with Gasteiger partial charge in [0.1, 0.15) is 4.90 Å². The van der Waals surface area contributed by atoms with Crippen molar-refractivity contribution < 1.29 is 8.42 Å². The average molecular weight is 401 g/mol. The summed E-state index contributed by atoms with van der Waals surface area (Å²) in [5.41, 5.74) is 1.39. The molecule has 1 N–H and O–H groups in total. The lowest BCUT2D eigenvalue weighted by Gasteiger charge is -2.36. The van der Waals surface area contributed by atoms with Gasteiger partial charge in [0.15, 0.2) is 11.6 Å². The van der Waals surface area contributed by atoms with E-state index in [0.29, 0.717) is 23.2 Å². The van der Waals surface area contributed by atoms with Crippen LogP contribution in [0.4, 0.5) is 11.6 Å². The molecule has 3 aromatic rings. The molecular formula is C19H24N6O2S. The van der Waals surface area contributed by atoms with Gasteiger partial charge in [0, 0.05) is 26.3 Å². The number of hydrogen-bond acceptors (Lipinski definition) is 6. The summed E-state index contributed by atoms with van der Waals surface area (Å²) in [6.45, 7) is 6.05. The Labute approximate surface area is 164 Å². The predicted octanol–water partition coefficient (Wildman–Crippen LogP) is 2.65. The number of fused-ring (bicyclic) bond motifs is 1. The number of anilines is 2. The minimum atomic E-state index is -3.81. The van der Waals surface area contributed by atoms with E-state index in [1.54, 1.807) is 7.05 Å². The lowest BCUT2D eigenvalue weighted by Crippen LogP contribution is -2.39. The second-order valence-electron chi connectivity index (χ2n) is 7.69. The van der Waals surface area contributed by atoms with Crippen LogP contribution >= 0.6 is 0 Å². The number of nitrogens with zero attached hydrogens (tertiary/aromatic N) is 5. The van der Waals surface area contributed by atoms with Crippen LogP contribution in [0.5, 0.6) is 0 Å². The van der Waals surface area contributed by atoms with Crippen LogP contribution in [0.15, 0.2) is 41.6 Å². The number of nitrogens with one attached hydrogen (secondary N) is 1. The van der Waals surface area contributed by atoms with E-state index < -0.39 is 10.0 Å². The molecule has 8 nitrogen and oxygen atoms in total. The number of piperidine rings is 1. The zero-order valence-electron chi connectivity index (χ0n) is 16.2. The third kappa shape index (κ3) is 3.66. The second kappa shape index (κ2) is 7.05. The third-order valence-corrected chi connectivity index (χ3v) is 6.24. The highest BCUT2D eigenvalue weighted by Gasteiger charge is 2.27. The SMILES string of the molecule is CC1CC(C)CN(c2nc3ccccc3nc2NS(=O)(=O)c2cnn(C)c2)C1. The minimum absolute atomic E-state index is 0.0938. The molecule has 0 spiro atoms. The molecule has 3 heterocycles. The van der Waals surface area contributed by atoms with Crippen LogP contribution in [0.2, 0.25) is 0 Å². The number of benzene rings is 1. The van der Waals surface area contributed by atoms with E-state index in [4.69, 9.17) is 4.98 Å². The van der Waals surface area contributed by atoms with Gasteiger partial charge in [0.05, 0.1) is 17.2 Å². The van der Waals surface area contributed by atoms with Crippen LogP contribution in [0.3, 0.4) is 0 Å². The van der Waals surface area contributed by atoms with Gasteiger partial charge in [0.25, 0.3) is 10.0 Å². The maximum absolute atomic E-state index is 12.9. The van der Waals surface area contributed by atoms with Gasteiger partial charge in [-0.05, 0) is 30.4 Å². The van der Waals surface area contributed by atoms with Crippen molar-refractivity contribution in [2.45, 2.75) is 25.2 Å². The smallest absolute Gasteiger partial charge is 0.266 e. The molecular weight excluding hydrogens is 376 g/mol. The summed E-state index contributed by atoms with van der Waals surface area (Å²) in [5, 5.41) is 3.96. The van der Waals surface area contributed by atoms with Crippen molar-refractivity contribution in [2.75, 3.05) is 22.7 Å². The molecule has 1 aromatic carbocycles. The molecule has 0 aliphatic carbocycles. The molecule has 2 aromatic heterocycles. The molecule has 9 heteroatoms. The van der Waals surface area contributed by atoms with Gasteiger partial charge in [-0.1, -0.05) is 26.0 Å². The van der Waals surface area contributed by atoms with Gasteiger partial charge >= 0.3 is 0 Å². The summed E-state index contributed by atoms with van der Waals surface area (Å²) in [7, 11) is -2.13. The molecule has 148 valence electrons. The summed E-state index contributed by atoms with van der Waals surface area (Å²) in [6.07, 6.45) is 3.93. The highest BCUT2D eigenvalue weighted by atomic mass is 32.2. The zero-order valence-corrected chi connectivity index (χ0v) is 17.0. The zero-order chi connectivity index (χ0) is 19.9. The lowest BCUT2D eigenvalue weighted by molar-refractivity contribution is 0.355. The van der Waals surface area contributed by atoms with Crippen LogP contribution in [-0.4, -0.2) is 41.3 Å². The summed E-state index contributed by atoms with van der Waals surface area (Å²) in [6, 6.07) is 7.49. The Kier molecular flexibility index (Phi) is 4.70. The molecule has 0 saturated carbocycles. The van der Waals surface area contributed by atoms with E-state index in [-0.39, 0.29) is 10.7 Å². The van der Waals surface area contributed by atoms with Crippen LogP contribution in [0, 0.1) is 11.8 Å². The number of para-hydroxylation sites is 2. The van der Waals surface area contributed by atoms with Gasteiger partial charge in [-0.2, -0.15) is 5.10 Å². The molecule has 1 aliphatic heterocycles. The normalized spacial score (nSPS) is 20.5. The van der Waals surface area contributed by atoms with Gasteiger partial charge in [0.2, 0.25) is 0 Å². The summed E-state index contributed by atoms with van der Waals surface area (Å²) in [4.78, 5) is 11.6. The average Bonchev–Trinajstić information content (AvgIpc) is 3.07. The molecule has 0 radical (unpaired) electrons. The standard InChI is InChI=1S/C19H24N6O2S/c1-13-8-14(2)11-25(10-13)19-18(21-16-6-4-5-7-17(16)22-19)23-28(26,27)15-9-20-24(3)12-15/h4-7,9,12-14H,8,10-11H2,1-3H3,(H,21,23). The third-order valence-electron chi connectivity index (χ3n) is 4.94. The molecule has 0 amide bonds. The fourth-order valence-electron chi connectivity index (χ4n) is 3.84. The van der Waals surface area contributed by atoms with Crippen molar-refractivity contribution in [1.82, 2.24) is 19.7 Å². The number of aryl methyl sites for hydroxylation is 1. The summed E-state index contributed by atoms with van der Waals surface area (Å²) >= 11 is 0. The van der Waals surface area contributed by atoms with Crippen LogP contribution in [-0.2, 0) is 17.1 Å². The fourth-order valence-corrected chi connectivity index (χ4v) is 4.83. The molecule has 1 fully saturated rings. The number of rotatable bonds is 4. The minimum Gasteiger partial charge on any atom is -0.353 e. The summed E-state index contributed by atoms with van der Waals surface area (Å²) in [5.74, 6) is 1.83. The van der Waals surface area contributed by atoms with Gasteiger partial charge < -0.3 is 4.90 Å². The Balaban J connectivity index is 1.79. The molecule has 0 bridgehead atoms.